The third-order valence-electron chi connectivity index (χ3n) is 0. The minimum atomic E-state index is 0. The predicted molar refractivity (Wildman–Crippen MR) is 28.8 cm³/mol. The Morgan fingerprint density at radius 1 is 0.400 bits per heavy atom. The molecule has 0 fully saturated rings. The van der Waals surface area contributed by atoms with Crippen LogP contribution in [0.4, 0.5) is 0 Å². The van der Waals surface area contributed by atoms with Crippen molar-refractivity contribution < 1.29 is 0 Å². The predicted octanol–water partition coefficient (Wildman–Crippen LogP) is -1.90. The maximum Gasteiger partial charge on any atom is 0 e. The van der Waals surface area contributed by atoms with Crippen molar-refractivity contribution in [1.82, 2.24) is 0 Å². The molecule has 0 nitrogen and oxygen atoms in total. The van der Waals surface area contributed by atoms with Gasteiger partial charge in [-0.05, 0) is 0 Å². The molecule has 0 atom stereocenters. The minimum Gasteiger partial charge on any atom is 0 e. The maximum absolute atomic E-state index is 0. The van der Waals surface area contributed by atoms with E-state index in [9.17, 15) is 0 Å². The fourth-order valence-corrected chi connectivity index (χ4v) is 0. The van der Waals surface area contributed by atoms with Crippen molar-refractivity contribution in [1.29, 1.82) is 0 Å². The molecule has 0 aliphatic rings. The van der Waals surface area contributed by atoms with Gasteiger partial charge in [-0.3, -0.25) is 0 Å². The Hall–Kier alpha value is 4.29. The Labute approximate surface area is 125 Å². The van der Waals surface area contributed by atoms with E-state index in [2.05, 4.69) is 0 Å². The smallest absolute Gasteiger partial charge is 0 e. The average Bonchev–Trinajstić information content (AvgIpc) is 0. The van der Waals surface area contributed by atoms with Gasteiger partial charge in [0.15, 0.2) is 0 Å². The molecule has 0 heterocycles. The topological polar surface area (TPSA) is 0 Å². The molecule has 0 amide bonds. The van der Waals surface area contributed by atoms with E-state index in [1.165, 1.54) is 0 Å². The molecule has 0 unspecified atom stereocenters. The van der Waals surface area contributed by atoms with Gasteiger partial charge in [0, 0.05) is 128 Å². The molecule has 5 heteroatoms. The fraction of sp³-hybridized carbons (Fsp3) is 0. The van der Waals surface area contributed by atoms with Crippen LogP contribution in [-0.2, 0) is 0 Å². The van der Waals surface area contributed by atoms with Gasteiger partial charge < -0.3 is 0 Å². The molecule has 0 bridgehead atoms. The Kier molecular flexibility index (Phi) is 166. The standard InChI is InChI=1S/Li.4Pb. The van der Waals surface area contributed by atoms with Crippen molar-refractivity contribution in [3.8, 4) is 0 Å². The van der Waals surface area contributed by atoms with Gasteiger partial charge in [0.2, 0.25) is 0 Å². The fourth-order valence-electron chi connectivity index (χ4n) is 0. The van der Waals surface area contributed by atoms with E-state index in [4.69, 9.17) is 0 Å². The molecule has 17 radical (unpaired) electrons. The van der Waals surface area contributed by atoms with Crippen LogP contribution in [0, 0.1) is 0 Å². The quantitative estimate of drug-likeness (QED) is 0.251. The van der Waals surface area contributed by atoms with Crippen LogP contribution in [-0.4, -0.2) is 128 Å². The van der Waals surface area contributed by atoms with E-state index in [1.807, 2.05) is 0 Å². The van der Waals surface area contributed by atoms with Gasteiger partial charge in [-0.15, -0.1) is 0 Å². The summed E-state index contributed by atoms with van der Waals surface area (Å²) in [5.74, 6) is 0. The molecule has 0 aromatic rings. The van der Waals surface area contributed by atoms with Gasteiger partial charge in [0.25, 0.3) is 0 Å². The summed E-state index contributed by atoms with van der Waals surface area (Å²) < 4.78 is 0. The molecule has 0 aliphatic carbocycles. The molecule has 0 saturated heterocycles. The molecular formula is LiPb4. The molecule has 0 aromatic carbocycles. The summed E-state index contributed by atoms with van der Waals surface area (Å²) in [6.07, 6.45) is 0. The Morgan fingerprint density at radius 3 is 0.400 bits per heavy atom. The van der Waals surface area contributed by atoms with E-state index >= 15 is 0 Å². The Balaban J connectivity index is 0. The average molecular weight is 836 g/mol. The van der Waals surface area contributed by atoms with Crippen LogP contribution in [0.15, 0.2) is 0 Å². The maximum atomic E-state index is 0. The monoisotopic (exact) mass is 839 g/mol. The minimum absolute atomic E-state index is 0. The van der Waals surface area contributed by atoms with Crippen LogP contribution in [0.1, 0.15) is 0 Å². The van der Waals surface area contributed by atoms with E-state index in [0.29, 0.717) is 0 Å². The van der Waals surface area contributed by atoms with E-state index in [-0.39, 0.29) is 128 Å². The van der Waals surface area contributed by atoms with Crippen molar-refractivity contribution >= 4 is 128 Å². The van der Waals surface area contributed by atoms with Gasteiger partial charge in [0.1, 0.15) is 0 Å². The van der Waals surface area contributed by atoms with Crippen molar-refractivity contribution in [2.24, 2.45) is 0 Å². The second kappa shape index (κ2) is 23.9. The van der Waals surface area contributed by atoms with Crippen molar-refractivity contribution in [3.05, 3.63) is 0 Å². The first-order chi connectivity index (χ1) is 0. The molecule has 0 saturated carbocycles. The second-order valence-electron chi connectivity index (χ2n) is 0. The van der Waals surface area contributed by atoms with E-state index in [0.717, 1.165) is 0 Å². The largest absolute Gasteiger partial charge is 0 e. The number of hydrogen-bond donors (Lipinski definition) is 0. The van der Waals surface area contributed by atoms with Gasteiger partial charge in [-0.1, -0.05) is 0 Å². The van der Waals surface area contributed by atoms with Crippen molar-refractivity contribution in [2.45, 2.75) is 0 Å². The summed E-state index contributed by atoms with van der Waals surface area (Å²) in [7, 11) is 0. The van der Waals surface area contributed by atoms with Gasteiger partial charge in [-0.2, -0.15) is 0 Å². The molecule has 0 N–H and O–H groups in total. The Bertz CT molecular complexity index is 3.61. The van der Waals surface area contributed by atoms with Gasteiger partial charge in [-0.25, -0.2) is 0 Å². The van der Waals surface area contributed by atoms with Gasteiger partial charge >= 0.3 is 0 Å². The number of rotatable bonds is 0. The van der Waals surface area contributed by atoms with Crippen LogP contribution in [0.2, 0.25) is 0 Å². The van der Waals surface area contributed by atoms with Crippen LogP contribution in [0.3, 0.4) is 0 Å². The third-order valence-corrected chi connectivity index (χ3v) is 0. The molecular weight excluding hydrogens is 836 g/mol. The van der Waals surface area contributed by atoms with Gasteiger partial charge in [0.05, 0.1) is 0 Å². The molecule has 0 rings (SSSR count). The summed E-state index contributed by atoms with van der Waals surface area (Å²) >= 11 is 0. The van der Waals surface area contributed by atoms with E-state index < -0.39 is 0 Å². The summed E-state index contributed by atoms with van der Waals surface area (Å²) in [4.78, 5) is 0. The molecule has 17 valence electrons. The first kappa shape index (κ1) is 34.7. The SMILES string of the molecule is [Li].[Pb].[Pb].[Pb].[Pb]. The zero-order chi connectivity index (χ0) is 0. The normalized spacial score (nSPS) is 0. The second-order valence-corrected chi connectivity index (χ2v) is 0. The zero-order valence-electron chi connectivity index (χ0n) is 3.00. The van der Waals surface area contributed by atoms with Crippen molar-refractivity contribution in [3.63, 3.8) is 0 Å². The van der Waals surface area contributed by atoms with Crippen LogP contribution >= 0.6 is 0 Å². The van der Waals surface area contributed by atoms with Crippen LogP contribution in [0.25, 0.3) is 0 Å². The van der Waals surface area contributed by atoms with Crippen molar-refractivity contribution in [2.75, 3.05) is 0 Å². The van der Waals surface area contributed by atoms with E-state index in [1.54, 1.807) is 0 Å². The zero-order valence-corrected chi connectivity index (χ0v) is 18.5. The number of hydrogen-bond acceptors (Lipinski definition) is 0. The summed E-state index contributed by atoms with van der Waals surface area (Å²) in [5, 5.41) is 0. The summed E-state index contributed by atoms with van der Waals surface area (Å²) in [5.41, 5.74) is 0. The molecule has 0 aliphatic heterocycles. The van der Waals surface area contributed by atoms with Crippen LogP contribution < -0.4 is 0 Å². The molecule has 5 heavy (non-hydrogen) atoms. The van der Waals surface area contributed by atoms with Crippen LogP contribution in [0.5, 0.6) is 0 Å². The first-order valence-corrected chi connectivity index (χ1v) is 0. The summed E-state index contributed by atoms with van der Waals surface area (Å²) in [6, 6.07) is 0. The first-order valence-electron chi connectivity index (χ1n) is 0. The Morgan fingerprint density at radius 2 is 0.400 bits per heavy atom. The third kappa shape index (κ3) is 17.8. The molecule has 0 aromatic heterocycles. The molecule has 0 spiro atoms. The summed E-state index contributed by atoms with van der Waals surface area (Å²) in [6.45, 7) is 0.